The normalized spacial score (nSPS) is 22.6. The highest BCUT2D eigenvalue weighted by Gasteiger charge is 2.44. The minimum atomic E-state index is -0.535. The Hall–Kier alpha value is -2.33. The van der Waals surface area contributed by atoms with Gasteiger partial charge in [-0.3, -0.25) is 4.79 Å². The van der Waals surface area contributed by atoms with Gasteiger partial charge in [0, 0.05) is 25.2 Å². The van der Waals surface area contributed by atoms with E-state index in [-0.39, 0.29) is 17.6 Å². The molecule has 4 rings (SSSR count). The van der Waals surface area contributed by atoms with Crippen LogP contribution in [-0.2, 0) is 14.9 Å². The number of rotatable bonds is 3. The lowest BCUT2D eigenvalue weighted by molar-refractivity contribution is -0.131. The summed E-state index contributed by atoms with van der Waals surface area (Å²) in [7, 11) is 0. The fraction of sp³-hybridized carbons (Fsp3) is 0.458. The summed E-state index contributed by atoms with van der Waals surface area (Å²) in [5, 5.41) is 3.38. The molecule has 2 heterocycles. The van der Waals surface area contributed by atoms with Gasteiger partial charge in [0.15, 0.2) is 0 Å². The summed E-state index contributed by atoms with van der Waals surface area (Å²) in [6.07, 6.45) is 2.16. The lowest BCUT2D eigenvalue weighted by Gasteiger charge is -2.41. The highest BCUT2D eigenvalue weighted by atomic mass is 16.5. The molecule has 0 aliphatic carbocycles. The van der Waals surface area contributed by atoms with Gasteiger partial charge in [-0.15, -0.1) is 0 Å². The van der Waals surface area contributed by atoms with Crippen molar-refractivity contribution in [2.24, 2.45) is 0 Å². The summed E-state index contributed by atoms with van der Waals surface area (Å²) in [6, 6.07) is 16.3. The molecule has 0 saturated carbocycles. The molecule has 1 N–H and O–H groups in total. The monoisotopic (exact) mass is 379 g/mol. The maximum Gasteiger partial charge on any atom is 0.231 e. The second-order valence-corrected chi connectivity index (χ2v) is 8.69. The molecule has 0 radical (unpaired) electrons. The van der Waals surface area contributed by atoms with Crippen molar-refractivity contribution in [1.29, 1.82) is 0 Å². The van der Waals surface area contributed by atoms with Gasteiger partial charge in [-0.25, -0.2) is 0 Å². The Kier molecular flexibility index (Phi) is 4.92. The first-order chi connectivity index (χ1) is 13.4. The van der Waals surface area contributed by atoms with Crippen molar-refractivity contribution in [3.63, 3.8) is 0 Å². The van der Waals surface area contributed by atoms with Crippen LogP contribution in [0.4, 0.5) is 0 Å². The van der Waals surface area contributed by atoms with Crippen LogP contribution in [0.5, 0.6) is 5.75 Å². The summed E-state index contributed by atoms with van der Waals surface area (Å²) < 4.78 is 11.8. The number of aryl methyl sites for hydroxylation is 1. The van der Waals surface area contributed by atoms with Gasteiger partial charge in [0.2, 0.25) is 5.91 Å². The number of nitrogens with one attached hydrogen (secondary N) is 1. The van der Waals surface area contributed by atoms with Crippen LogP contribution in [0, 0.1) is 6.92 Å². The summed E-state index contributed by atoms with van der Waals surface area (Å²) in [4.78, 5) is 13.7. The molecule has 1 fully saturated rings. The van der Waals surface area contributed by atoms with Gasteiger partial charge in [-0.2, -0.15) is 0 Å². The molecule has 2 aliphatic heterocycles. The summed E-state index contributed by atoms with van der Waals surface area (Å²) in [6.45, 7) is 7.44. The van der Waals surface area contributed by atoms with Crippen LogP contribution in [0.25, 0.3) is 0 Å². The van der Waals surface area contributed by atoms with E-state index in [1.807, 2.05) is 18.2 Å². The van der Waals surface area contributed by atoms with Crippen molar-refractivity contribution < 1.29 is 14.3 Å². The number of amides is 1. The molecule has 1 atom stereocenters. The first kappa shape index (κ1) is 19.0. The maximum absolute atomic E-state index is 13.7. The molecule has 148 valence electrons. The van der Waals surface area contributed by atoms with Crippen molar-refractivity contribution in [2.75, 3.05) is 13.2 Å². The molecule has 4 nitrogen and oxygen atoms in total. The zero-order valence-corrected chi connectivity index (χ0v) is 17.0. The van der Waals surface area contributed by atoms with Gasteiger partial charge in [0.05, 0.1) is 11.5 Å². The number of ether oxygens (including phenoxy) is 2. The Labute approximate surface area is 167 Å². The molecule has 2 aliphatic rings. The summed E-state index contributed by atoms with van der Waals surface area (Å²) in [5.74, 6) is 0.971. The van der Waals surface area contributed by atoms with Crippen molar-refractivity contribution in [3.05, 3.63) is 65.2 Å². The standard InChI is InChI=1S/C24H29NO3/c1-17-9-10-19-20(16-23(2,3)28-21(19)15-17)25-22(26)24(11-13-27-14-12-24)18-7-5-4-6-8-18/h4-10,15,20H,11-14,16H2,1-3H3,(H,25,26)/t20-/m0/s1. The van der Waals surface area contributed by atoms with Crippen molar-refractivity contribution in [2.45, 2.75) is 57.1 Å². The number of hydrogen-bond acceptors (Lipinski definition) is 3. The summed E-state index contributed by atoms with van der Waals surface area (Å²) >= 11 is 0. The number of benzene rings is 2. The first-order valence-corrected chi connectivity index (χ1v) is 10.1. The van der Waals surface area contributed by atoms with E-state index in [9.17, 15) is 4.79 Å². The maximum atomic E-state index is 13.7. The van der Waals surface area contributed by atoms with E-state index in [1.54, 1.807) is 0 Å². The third-order valence-electron chi connectivity index (χ3n) is 6.04. The average molecular weight is 380 g/mol. The van der Waals surface area contributed by atoms with E-state index < -0.39 is 5.41 Å². The highest BCUT2D eigenvalue weighted by Crippen LogP contribution is 2.42. The van der Waals surface area contributed by atoms with E-state index >= 15 is 0 Å². The van der Waals surface area contributed by atoms with Gasteiger partial charge >= 0.3 is 0 Å². The molecule has 0 bridgehead atoms. The molecule has 4 heteroatoms. The van der Waals surface area contributed by atoms with E-state index in [1.165, 1.54) is 0 Å². The fourth-order valence-electron chi connectivity index (χ4n) is 4.51. The summed E-state index contributed by atoms with van der Waals surface area (Å²) in [5.41, 5.74) is 2.44. The Morgan fingerprint density at radius 3 is 2.50 bits per heavy atom. The first-order valence-electron chi connectivity index (χ1n) is 10.1. The molecule has 0 unspecified atom stereocenters. The van der Waals surface area contributed by atoms with Crippen LogP contribution >= 0.6 is 0 Å². The lowest BCUT2D eigenvalue weighted by Crippen LogP contribution is -2.51. The van der Waals surface area contributed by atoms with E-state index in [2.05, 4.69) is 56.4 Å². The second kappa shape index (κ2) is 7.25. The number of carbonyl (C=O) groups is 1. The van der Waals surface area contributed by atoms with Gasteiger partial charge in [0.25, 0.3) is 0 Å². The fourth-order valence-corrected chi connectivity index (χ4v) is 4.51. The predicted octanol–water partition coefficient (Wildman–Crippen LogP) is 4.46. The third kappa shape index (κ3) is 3.53. The van der Waals surface area contributed by atoms with Crippen LogP contribution in [0.15, 0.2) is 48.5 Å². The largest absolute Gasteiger partial charge is 0.487 e. The van der Waals surface area contributed by atoms with Gasteiger partial charge < -0.3 is 14.8 Å². The minimum absolute atomic E-state index is 0.0599. The van der Waals surface area contributed by atoms with Crippen LogP contribution < -0.4 is 10.1 Å². The smallest absolute Gasteiger partial charge is 0.231 e. The quantitative estimate of drug-likeness (QED) is 0.856. The molecule has 0 aromatic heterocycles. The van der Waals surface area contributed by atoms with Crippen molar-refractivity contribution in [3.8, 4) is 5.75 Å². The SMILES string of the molecule is Cc1ccc2c(c1)OC(C)(C)C[C@@H]2NC(=O)C1(c2ccccc2)CCOCC1. The van der Waals surface area contributed by atoms with E-state index in [4.69, 9.17) is 9.47 Å². The Morgan fingerprint density at radius 1 is 1.07 bits per heavy atom. The highest BCUT2D eigenvalue weighted by molar-refractivity contribution is 5.88. The average Bonchev–Trinajstić information content (AvgIpc) is 2.68. The van der Waals surface area contributed by atoms with Gasteiger partial charge in [-0.05, 0) is 50.8 Å². The molecule has 1 saturated heterocycles. The van der Waals surface area contributed by atoms with Crippen LogP contribution in [0.1, 0.15) is 55.8 Å². The zero-order chi connectivity index (χ0) is 19.8. The van der Waals surface area contributed by atoms with Crippen molar-refractivity contribution >= 4 is 5.91 Å². The molecule has 0 spiro atoms. The Morgan fingerprint density at radius 2 is 1.79 bits per heavy atom. The molecule has 2 aromatic carbocycles. The van der Waals surface area contributed by atoms with Crippen LogP contribution in [0.3, 0.4) is 0 Å². The topological polar surface area (TPSA) is 47.6 Å². The Bertz CT molecular complexity index is 853. The van der Waals surface area contributed by atoms with Crippen LogP contribution in [0.2, 0.25) is 0 Å². The van der Waals surface area contributed by atoms with Gasteiger partial charge in [0.1, 0.15) is 11.4 Å². The Balaban J connectivity index is 1.67. The van der Waals surface area contributed by atoms with E-state index in [0.717, 1.165) is 28.9 Å². The molecule has 2 aromatic rings. The van der Waals surface area contributed by atoms with E-state index in [0.29, 0.717) is 26.1 Å². The molecule has 1 amide bonds. The second-order valence-electron chi connectivity index (χ2n) is 8.69. The number of hydrogen-bond donors (Lipinski definition) is 1. The third-order valence-corrected chi connectivity index (χ3v) is 6.04. The predicted molar refractivity (Wildman–Crippen MR) is 110 cm³/mol. The molecular formula is C24H29NO3. The number of fused-ring (bicyclic) bond motifs is 1. The molecular weight excluding hydrogens is 350 g/mol. The lowest BCUT2D eigenvalue weighted by atomic mass is 9.73. The molecule has 28 heavy (non-hydrogen) atoms. The zero-order valence-electron chi connectivity index (χ0n) is 17.0. The number of carbonyl (C=O) groups excluding carboxylic acids is 1. The van der Waals surface area contributed by atoms with Crippen LogP contribution in [-0.4, -0.2) is 24.7 Å². The van der Waals surface area contributed by atoms with Gasteiger partial charge in [-0.1, -0.05) is 42.5 Å². The van der Waals surface area contributed by atoms with Crippen molar-refractivity contribution in [1.82, 2.24) is 5.32 Å². The minimum Gasteiger partial charge on any atom is -0.487 e.